The Morgan fingerprint density at radius 3 is 2.23 bits per heavy atom. The molecule has 1 amide bonds. The van der Waals surface area contributed by atoms with Crippen molar-refractivity contribution in [2.75, 3.05) is 23.8 Å². The van der Waals surface area contributed by atoms with Crippen molar-refractivity contribution < 1.29 is 35.6 Å². The highest BCUT2D eigenvalue weighted by Crippen LogP contribution is 2.35. The Morgan fingerprint density at radius 1 is 1.06 bits per heavy atom. The van der Waals surface area contributed by atoms with Gasteiger partial charge in [-0.2, -0.15) is 26.3 Å². The second-order valence-electron chi connectivity index (χ2n) is 6.26. The van der Waals surface area contributed by atoms with Crippen LogP contribution < -0.4 is 10.2 Å². The van der Waals surface area contributed by atoms with Gasteiger partial charge in [-0.25, -0.2) is 15.0 Å². The average Bonchev–Trinajstić information content (AvgIpc) is 3.14. The van der Waals surface area contributed by atoms with Gasteiger partial charge in [-0.05, 0) is 12.1 Å². The lowest BCUT2D eigenvalue weighted by molar-refractivity contribution is -0.153. The molecule has 2 heterocycles. The normalized spacial score (nSPS) is 12.0. The highest BCUT2D eigenvalue weighted by Gasteiger charge is 2.42. The maximum Gasteiger partial charge on any atom is 0.452 e. The molecule has 1 N–H and O–H groups in total. The Balaban J connectivity index is 1.82. The van der Waals surface area contributed by atoms with Crippen molar-refractivity contribution >= 4 is 17.5 Å². The number of anilines is 2. The zero-order chi connectivity index (χ0) is 22.8. The van der Waals surface area contributed by atoms with E-state index < -0.39 is 42.1 Å². The maximum absolute atomic E-state index is 13.3. The average molecular weight is 445 g/mol. The number of alkyl halides is 6. The number of oxazole rings is 1. The smallest absolute Gasteiger partial charge is 0.431 e. The molecule has 0 aliphatic carbocycles. The molecule has 1 aromatic carbocycles. The first-order valence-electron chi connectivity index (χ1n) is 8.49. The molecule has 7 nitrogen and oxygen atoms in total. The third kappa shape index (κ3) is 5.49. The van der Waals surface area contributed by atoms with Crippen LogP contribution in [0.25, 0.3) is 11.5 Å². The number of nitrogens with one attached hydrogen (secondary N) is 1. The highest BCUT2D eigenvalue weighted by atomic mass is 19.4. The van der Waals surface area contributed by atoms with E-state index in [4.69, 9.17) is 4.42 Å². The molecule has 0 bridgehead atoms. The van der Waals surface area contributed by atoms with Gasteiger partial charge in [-0.1, -0.05) is 18.2 Å². The molecule has 13 heteroatoms. The fourth-order valence-corrected chi connectivity index (χ4v) is 2.48. The predicted octanol–water partition coefficient (Wildman–Crippen LogP) is 4.40. The van der Waals surface area contributed by atoms with Crippen LogP contribution >= 0.6 is 0 Å². The first-order valence-corrected chi connectivity index (χ1v) is 8.49. The van der Waals surface area contributed by atoms with Crippen molar-refractivity contribution in [3.05, 3.63) is 54.2 Å². The summed E-state index contributed by atoms with van der Waals surface area (Å²) >= 11 is 0. The summed E-state index contributed by atoms with van der Waals surface area (Å²) in [6, 6.07) is 7.67. The summed E-state index contributed by atoms with van der Waals surface area (Å²) in [4.78, 5) is 24.1. The number of rotatable bonds is 5. The largest absolute Gasteiger partial charge is 0.452 e. The van der Waals surface area contributed by atoms with Gasteiger partial charge in [0.05, 0.1) is 18.1 Å². The van der Waals surface area contributed by atoms with Gasteiger partial charge >= 0.3 is 12.4 Å². The number of hydrogen-bond acceptors (Lipinski definition) is 6. The summed E-state index contributed by atoms with van der Waals surface area (Å²) in [5.41, 5.74) is -0.927. The van der Waals surface area contributed by atoms with Crippen LogP contribution in [0.4, 0.5) is 38.0 Å². The van der Waals surface area contributed by atoms with E-state index in [1.165, 1.54) is 12.1 Å². The number of aromatic nitrogens is 3. The molecule has 3 rings (SSSR count). The van der Waals surface area contributed by atoms with Gasteiger partial charge in [0, 0.05) is 12.6 Å². The molecule has 3 aromatic rings. The maximum atomic E-state index is 13.3. The van der Waals surface area contributed by atoms with E-state index in [1.54, 1.807) is 18.2 Å². The molecule has 0 aliphatic rings. The molecule has 0 atom stereocenters. The Morgan fingerprint density at radius 2 is 1.68 bits per heavy atom. The van der Waals surface area contributed by atoms with Crippen molar-refractivity contribution in [2.45, 2.75) is 12.4 Å². The quantitative estimate of drug-likeness (QED) is 0.586. The second-order valence-corrected chi connectivity index (χ2v) is 6.26. The Hall–Kier alpha value is -3.64. The summed E-state index contributed by atoms with van der Waals surface area (Å²) in [5, 5.41) is 2.12. The van der Waals surface area contributed by atoms with E-state index >= 15 is 0 Å². The van der Waals surface area contributed by atoms with Crippen LogP contribution in [0.5, 0.6) is 0 Å². The van der Waals surface area contributed by atoms with Gasteiger partial charge in [0.2, 0.25) is 17.6 Å². The molecule has 0 saturated carbocycles. The first-order chi connectivity index (χ1) is 14.4. The monoisotopic (exact) mass is 445 g/mol. The minimum Gasteiger partial charge on any atom is -0.431 e. The van der Waals surface area contributed by atoms with E-state index in [0.29, 0.717) is 0 Å². The van der Waals surface area contributed by atoms with Crippen molar-refractivity contribution in [3.63, 3.8) is 0 Å². The lowest BCUT2D eigenvalue weighted by atomic mass is 10.2. The summed E-state index contributed by atoms with van der Waals surface area (Å²) in [6.07, 6.45) is -7.56. The topological polar surface area (TPSA) is 84.2 Å². The number of carbonyl (C=O) groups is 1. The summed E-state index contributed by atoms with van der Waals surface area (Å²) in [5.74, 6) is -3.54. The highest BCUT2D eigenvalue weighted by molar-refractivity contribution is 6.03. The molecule has 0 aliphatic heterocycles. The zero-order valence-electron chi connectivity index (χ0n) is 15.6. The molecular weight excluding hydrogens is 432 g/mol. The van der Waals surface area contributed by atoms with Crippen LogP contribution in [0.3, 0.4) is 0 Å². The SMILES string of the molecule is CN(CC(F)(F)F)c1ncc(NC(=O)c2nc(-c3ccccc3)oc2C(F)(F)F)cn1. The molecule has 0 radical (unpaired) electrons. The van der Waals surface area contributed by atoms with Crippen LogP contribution in [0, 0.1) is 0 Å². The predicted molar refractivity (Wildman–Crippen MR) is 96.3 cm³/mol. The fraction of sp³-hybridized carbons (Fsp3) is 0.222. The number of hydrogen-bond donors (Lipinski definition) is 1. The number of halogens is 6. The third-order valence-electron chi connectivity index (χ3n) is 3.77. The Kier molecular flexibility index (Phi) is 5.86. The zero-order valence-corrected chi connectivity index (χ0v) is 15.6. The summed E-state index contributed by atoms with van der Waals surface area (Å²) < 4.78 is 82.0. The lowest BCUT2D eigenvalue weighted by Gasteiger charge is -2.18. The van der Waals surface area contributed by atoms with Gasteiger partial charge in [0.15, 0.2) is 5.69 Å². The van der Waals surface area contributed by atoms with Crippen molar-refractivity contribution in [1.29, 1.82) is 0 Å². The second kappa shape index (κ2) is 8.24. The molecule has 0 unspecified atom stereocenters. The summed E-state index contributed by atoms with van der Waals surface area (Å²) in [6.45, 7) is -1.31. The van der Waals surface area contributed by atoms with Crippen LogP contribution in [-0.4, -0.2) is 40.6 Å². The number of benzene rings is 1. The van der Waals surface area contributed by atoms with E-state index in [9.17, 15) is 31.1 Å². The Bertz CT molecular complexity index is 1050. The van der Waals surface area contributed by atoms with E-state index in [1.807, 2.05) is 0 Å². The van der Waals surface area contributed by atoms with E-state index in [0.717, 1.165) is 24.3 Å². The minimum atomic E-state index is -4.99. The minimum absolute atomic E-state index is 0.147. The van der Waals surface area contributed by atoms with Gasteiger partial charge in [0.1, 0.15) is 6.54 Å². The standard InChI is InChI=1S/C18H13F6N5O2/c1-29(9-17(19,20)21)16-25-7-11(8-26-16)27-14(30)12-13(18(22,23)24)31-15(28-12)10-5-3-2-4-6-10/h2-8H,9H2,1H3,(H,27,30). The molecule has 164 valence electrons. The fourth-order valence-electron chi connectivity index (χ4n) is 2.48. The van der Waals surface area contributed by atoms with Crippen molar-refractivity contribution in [2.24, 2.45) is 0 Å². The van der Waals surface area contributed by atoms with Gasteiger partial charge in [-0.3, -0.25) is 4.79 Å². The molecule has 2 aromatic heterocycles. The Labute approximate surface area is 170 Å². The first kappa shape index (κ1) is 22.1. The molecular formula is C18H13F6N5O2. The van der Waals surface area contributed by atoms with Gasteiger partial charge < -0.3 is 14.6 Å². The summed E-state index contributed by atoms with van der Waals surface area (Å²) in [7, 11) is 1.11. The molecule has 0 saturated heterocycles. The number of amides is 1. The lowest BCUT2D eigenvalue weighted by Crippen LogP contribution is -2.32. The van der Waals surface area contributed by atoms with E-state index in [2.05, 4.69) is 20.3 Å². The number of nitrogens with zero attached hydrogens (tertiary/aromatic N) is 4. The van der Waals surface area contributed by atoms with Crippen LogP contribution in [0.2, 0.25) is 0 Å². The molecule has 31 heavy (non-hydrogen) atoms. The van der Waals surface area contributed by atoms with Crippen LogP contribution in [-0.2, 0) is 6.18 Å². The van der Waals surface area contributed by atoms with Crippen LogP contribution in [0.1, 0.15) is 16.2 Å². The number of carbonyl (C=O) groups excluding carboxylic acids is 1. The van der Waals surface area contributed by atoms with Gasteiger partial charge in [-0.15, -0.1) is 0 Å². The van der Waals surface area contributed by atoms with Gasteiger partial charge in [0.25, 0.3) is 5.91 Å². The molecule has 0 spiro atoms. The molecule has 0 fully saturated rings. The third-order valence-corrected chi connectivity index (χ3v) is 3.77. The van der Waals surface area contributed by atoms with Crippen LogP contribution in [0.15, 0.2) is 47.1 Å². The van der Waals surface area contributed by atoms with Crippen molar-refractivity contribution in [1.82, 2.24) is 15.0 Å². The van der Waals surface area contributed by atoms with Crippen molar-refractivity contribution in [3.8, 4) is 11.5 Å². The van der Waals surface area contributed by atoms with E-state index in [-0.39, 0.29) is 17.2 Å².